The summed E-state index contributed by atoms with van der Waals surface area (Å²) in [7, 11) is 0. The zero-order valence-electron chi connectivity index (χ0n) is 9.24. The molecule has 88 valence electrons. The van der Waals surface area contributed by atoms with Crippen LogP contribution in [0.1, 0.15) is 19.4 Å². The van der Waals surface area contributed by atoms with Crippen molar-refractivity contribution in [3.63, 3.8) is 0 Å². The van der Waals surface area contributed by atoms with Gasteiger partial charge >= 0.3 is 5.69 Å². The summed E-state index contributed by atoms with van der Waals surface area (Å²) in [5.41, 5.74) is 0.655. The predicted molar refractivity (Wildman–Crippen MR) is 66.0 cm³/mol. The topological polar surface area (TPSA) is 63.4 Å². The molecule has 0 fully saturated rings. The number of nitrogens with zero attached hydrogens (tertiary/aromatic N) is 1. The Kier molecular flexibility index (Phi) is 3.91. The van der Waals surface area contributed by atoms with Gasteiger partial charge in [-0.3, -0.25) is 10.1 Å². The SMILES string of the molecule is CC(C)(CBr)Cc1ccc(O)c([N+](=O)[O-])c1. The fourth-order valence-electron chi connectivity index (χ4n) is 1.43. The van der Waals surface area contributed by atoms with E-state index >= 15 is 0 Å². The monoisotopic (exact) mass is 287 g/mol. The van der Waals surface area contributed by atoms with E-state index in [0.717, 1.165) is 17.3 Å². The van der Waals surface area contributed by atoms with E-state index in [1.54, 1.807) is 6.07 Å². The summed E-state index contributed by atoms with van der Waals surface area (Å²) < 4.78 is 0. The van der Waals surface area contributed by atoms with Crippen LogP contribution in [0.25, 0.3) is 0 Å². The second-order valence-corrected chi connectivity index (χ2v) is 5.12. The Morgan fingerprint density at radius 3 is 2.62 bits per heavy atom. The largest absolute Gasteiger partial charge is 0.502 e. The quantitative estimate of drug-likeness (QED) is 0.525. The molecule has 0 unspecified atom stereocenters. The highest BCUT2D eigenvalue weighted by atomic mass is 79.9. The summed E-state index contributed by atoms with van der Waals surface area (Å²) in [4.78, 5) is 10.1. The average Bonchev–Trinajstić information content (AvgIpc) is 2.20. The second-order valence-electron chi connectivity index (χ2n) is 4.55. The Balaban J connectivity index is 3.00. The van der Waals surface area contributed by atoms with Crippen molar-refractivity contribution in [3.05, 3.63) is 33.9 Å². The van der Waals surface area contributed by atoms with E-state index in [9.17, 15) is 15.2 Å². The van der Waals surface area contributed by atoms with Crippen molar-refractivity contribution < 1.29 is 10.0 Å². The molecule has 0 saturated heterocycles. The van der Waals surface area contributed by atoms with Gasteiger partial charge in [0.2, 0.25) is 0 Å². The van der Waals surface area contributed by atoms with Crippen LogP contribution in [0.3, 0.4) is 0 Å². The third-order valence-electron chi connectivity index (χ3n) is 2.28. The number of phenols is 1. The van der Waals surface area contributed by atoms with Crippen molar-refractivity contribution in [1.29, 1.82) is 0 Å². The van der Waals surface area contributed by atoms with E-state index in [1.165, 1.54) is 12.1 Å². The van der Waals surface area contributed by atoms with Crippen molar-refractivity contribution >= 4 is 21.6 Å². The average molecular weight is 288 g/mol. The van der Waals surface area contributed by atoms with Crippen LogP contribution in [-0.2, 0) is 6.42 Å². The van der Waals surface area contributed by atoms with E-state index in [-0.39, 0.29) is 16.9 Å². The number of nitro benzene ring substituents is 1. The normalized spacial score (nSPS) is 11.4. The van der Waals surface area contributed by atoms with Crippen LogP contribution >= 0.6 is 15.9 Å². The molecule has 1 aromatic rings. The van der Waals surface area contributed by atoms with Gasteiger partial charge < -0.3 is 5.11 Å². The van der Waals surface area contributed by atoms with Crippen molar-refractivity contribution in [2.75, 3.05) is 5.33 Å². The Bertz CT molecular complexity index is 404. The molecular formula is C11H14BrNO3. The number of rotatable bonds is 4. The first-order valence-corrected chi connectivity index (χ1v) is 6.00. The minimum absolute atomic E-state index is 0.0326. The first-order chi connectivity index (χ1) is 7.35. The molecule has 0 amide bonds. The van der Waals surface area contributed by atoms with Crippen LogP contribution in [0, 0.1) is 15.5 Å². The third kappa shape index (κ3) is 3.20. The minimum atomic E-state index is -0.569. The molecule has 0 saturated carbocycles. The number of alkyl halides is 1. The maximum Gasteiger partial charge on any atom is 0.310 e. The van der Waals surface area contributed by atoms with E-state index < -0.39 is 4.92 Å². The summed E-state index contributed by atoms with van der Waals surface area (Å²) in [6.07, 6.45) is 0.722. The highest BCUT2D eigenvalue weighted by Crippen LogP contribution is 2.30. The number of hydrogen-bond donors (Lipinski definition) is 1. The molecule has 0 spiro atoms. The fourth-order valence-corrected chi connectivity index (χ4v) is 1.62. The summed E-state index contributed by atoms with van der Waals surface area (Å²) in [5, 5.41) is 20.8. The van der Waals surface area contributed by atoms with E-state index in [2.05, 4.69) is 29.8 Å². The van der Waals surface area contributed by atoms with Gasteiger partial charge in [-0.2, -0.15) is 0 Å². The van der Waals surface area contributed by atoms with Crippen LogP contribution in [0.5, 0.6) is 5.75 Å². The van der Waals surface area contributed by atoms with Gasteiger partial charge in [0.15, 0.2) is 5.75 Å². The molecule has 16 heavy (non-hydrogen) atoms. The maximum atomic E-state index is 10.6. The van der Waals surface area contributed by atoms with Crippen LogP contribution < -0.4 is 0 Å². The predicted octanol–water partition coefficient (Wildman–Crippen LogP) is 3.26. The third-order valence-corrected chi connectivity index (χ3v) is 3.80. The smallest absolute Gasteiger partial charge is 0.310 e. The Hall–Kier alpha value is -1.10. The summed E-state index contributed by atoms with van der Waals surface area (Å²) in [6.45, 7) is 4.14. The minimum Gasteiger partial charge on any atom is -0.502 e. The van der Waals surface area contributed by atoms with E-state index in [0.29, 0.717) is 0 Å². The van der Waals surface area contributed by atoms with Gasteiger partial charge in [-0.25, -0.2) is 0 Å². The van der Waals surface area contributed by atoms with Crippen LogP contribution in [0.15, 0.2) is 18.2 Å². The molecule has 0 aliphatic rings. The van der Waals surface area contributed by atoms with Gasteiger partial charge in [-0.05, 0) is 23.5 Å². The molecule has 1 N–H and O–H groups in total. The van der Waals surface area contributed by atoms with E-state index in [4.69, 9.17) is 0 Å². The lowest BCUT2D eigenvalue weighted by molar-refractivity contribution is -0.385. The van der Waals surface area contributed by atoms with Crippen molar-refractivity contribution in [3.8, 4) is 5.75 Å². The first-order valence-electron chi connectivity index (χ1n) is 4.88. The van der Waals surface area contributed by atoms with Gasteiger partial charge in [-0.15, -0.1) is 0 Å². The van der Waals surface area contributed by atoms with Gasteiger partial charge in [0.25, 0.3) is 0 Å². The van der Waals surface area contributed by atoms with Crippen LogP contribution in [0.4, 0.5) is 5.69 Å². The lowest BCUT2D eigenvalue weighted by atomic mass is 9.88. The highest BCUT2D eigenvalue weighted by Gasteiger charge is 2.20. The zero-order valence-corrected chi connectivity index (χ0v) is 10.8. The molecule has 0 bridgehead atoms. The maximum absolute atomic E-state index is 10.6. The first kappa shape index (κ1) is 13.0. The molecule has 0 aliphatic heterocycles. The molecule has 0 aromatic heterocycles. The summed E-state index contributed by atoms with van der Waals surface area (Å²) >= 11 is 3.41. The van der Waals surface area contributed by atoms with Crippen molar-refractivity contribution in [2.45, 2.75) is 20.3 Å². The molecule has 0 atom stereocenters. The van der Waals surface area contributed by atoms with Gasteiger partial charge in [0.1, 0.15) is 0 Å². The molecular weight excluding hydrogens is 274 g/mol. The number of aromatic hydroxyl groups is 1. The molecule has 0 heterocycles. The van der Waals surface area contributed by atoms with Crippen LogP contribution in [-0.4, -0.2) is 15.4 Å². The number of phenolic OH excluding ortho intramolecular Hbond substituents is 1. The molecule has 1 aromatic carbocycles. The van der Waals surface area contributed by atoms with Gasteiger partial charge in [-0.1, -0.05) is 35.8 Å². The molecule has 4 nitrogen and oxygen atoms in total. The number of benzene rings is 1. The zero-order chi connectivity index (χ0) is 12.3. The van der Waals surface area contributed by atoms with E-state index in [1.807, 2.05) is 0 Å². The summed E-state index contributed by atoms with van der Waals surface area (Å²) in [6, 6.07) is 4.52. The molecule has 5 heteroatoms. The Labute approximate surface area is 103 Å². The molecule has 0 aliphatic carbocycles. The lowest BCUT2D eigenvalue weighted by Crippen LogP contribution is -2.16. The van der Waals surface area contributed by atoms with Gasteiger partial charge in [0, 0.05) is 11.4 Å². The standard InChI is InChI=1S/C11H14BrNO3/c1-11(2,7-12)6-8-3-4-10(14)9(5-8)13(15)16/h3-5,14H,6-7H2,1-2H3. The van der Waals surface area contributed by atoms with Crippen LogP contribution in [0.2, 0.25) is 0 Å². The summed E-state index contributed by atoms with van der Waals surface area (Å²) in [5.74, 6) is -0.287. The fraction of sp³-hybridized carbons (Fsp3) is 0.455. The van der Waals surface area contributed by atoms with Crippen molar-refractivity contribution in [2.24, 2.45) is 5.41 Å². The second kappa shape index (κ2) is 4.82. The number of hydrogen-bond acceptors (Lipinski definition) is 3. The molecule has 1 rings (SSSR count). The Morgan fingerprint density at radius 2 is 2.12 bits per heavy atom. The number of halogens is 1. The number of nitro groups is 1. The van der Waals surface area contributed by atoms with Gasteiger partial charge in [0.05, 0.1) is 4.92 Å². The Morgan fingerprint density at radius 1 is 1.50 bits per heavy atom. The highest BCUT2D eigenvalue weighted by molar-refractivity contribution is 9.09. The van der Waals surface area contributed by atoms with Crippen molar-refractivity contribution in [1.82, 2.24) is 0 Å². The lowest BCUT2D eigenvalue weighted by Gasteiger charge is -2.21. The molecule has 0 radical (unpaired) electrons.